The van der Waals surface area contributed by atoms with Crippen molar-refractivity contribution in [2.24, 2.45) is 7.05 Å². The maximum Gasteiger partial charge on any atom is 0.250 e. The Labute approximate surface area is 143 Å². The van der Waals surface area contributed by atoms with Crippen molar-refractivity contribution >= 4 is 5.91 Å². The number of hydrogen-bond donors (Lipinski definition) is 1. The van der Waals surface area contributed by atoms with Crippen LogP contribution in [-0.4, -0.2) is 20.0 Å². The van der Waals surface area contributed by atoms with Crippen LogP contribution in [0, 0.1) is 5.82 Å². The Morgan fingerprint density at radius 1 is 1.20 bits per heavy atom. The van der Waals surface area contributed by atoms with Gasteiger partial charge in [-0.2, -0.15) is 0 Å². The van der Waals surface area contributed by atoms with Crippen molar-refractivity contribution in [2.75, 3.05) is 0 Å². The summed E-state index contributed by atoms with van der Waals surface area (Å²) in [5, 5.41) is 2.77. The Morgan fingerprint density at radius 3 is 2.64 bits per heavy atom. The van der Waals surface area contributed by atoms with Crippen LogP contribution in [-0.2, 0) is 18.4 Å². The summed E-state index contributed by atoms with van der Waals surface area (Å²) in [6.45, 7) is -0.158. The molecule has 0 fully saturated rings. The minimum atomic E-state index is -0.756. The van der Waals surface area contributed by atoms with Gasteiger partial charge in [0, 0.05) is 37.3 Å². The maximum atomic E-state index is 14.3. The lowest BCUT2D eigenvalue weighted by atomic mass is 10.1. The van der Waals surface area contributed by atoms with Crippen LogP contribution in [0.15, 0.2) is 65.8 Å². The molecule has 25 heavy (non-hydrogen) atoms. The van der Waals surface area contributed by atoms with Gasteiger partial charge in [-0.3, -0.25) is 9.59 Å². The van der Waals surface area contributed by atoms with E-state index in [0.717, 1.165) is 0 Å². The summed E-state index contributed by atoms with van der Waals surface area (Å²) in [4.78, 5) is 28.4. The molecule has 0 radical (unpaired) electrons. The van der Waals surface area contributed by atoms with Gasteiger partial charge in [0.15, 0.2) is 0 Å². The summed E-state index contributed by atoms with van der Waals surface area (Å²) in [6, 6.07) is 10.1. The summed E-state index contributed by atoms with van der Waals surface area (Å²) in [7, 11) is 1.77. The third-order valence-corrected chi connectivity index (χ3v) is 3.85. The van der Waals surface area contributed by atoms with Gasteiger partial charge in [0.1, 0.15) is 24.2 Å². The number of imidazole rings is 1. The van der Waals surface area contributed by atoms with Crippen molar-refractivity contribution in [2.45, 2.75) is 12.6 Å². The Kier molecular flexibility index (Phi) is 4.74. The molecule has 7 heteroatoms. The second-order valence-electron chi connectivity index (χ2n) is 5.59. The average Bonchev–Trinajstić information content (AvgIpc) is 3.01. The maximum absolute atomic E-state index is 14.3. The highest BCUT2D eigenvalue weighted by molar-refractivity contribution is 5.76. The number of aryl methyl sites for hydroxylation is 1. The average molecular weight is 340 g/mol. The van der Waals surface area contributed by atoms with Crippen molar-refractivity contribution < 1.29 is 9.18 Å². The Morgan fingerprint density at radius 2 is 1.96 bits per heavy atom. The van der Waals surface area contributed by atoms with E-state index in [1.165, 1.54) is 22.9 Å². The van der Waals surface area contributed by atoms with Gasteiger partial charge in [0.2, 0.25) is 5.91 Å². The first-order chi connectivity index (χ1) is 12.1. The summed E-state index contributed by atoms with van der Waals surface area (Å²) in [6.07, 6.45) is 4.83. The molecule has 1 N–H and O–H groups in total. The lowest BCUT2D eigenvalue weighted by Gasteiger charge is -2.20. The molecule has 1 aromatic carbocycles. The highest BCUT2D eigenvalue weighted by Crippen LogP contribution is 2.23. The van der Waals surface area contributed by atoms with Crippen LogP contribution in [0.5, 0.6) is 0 Å². The number of carbonyl (C=O) groups excluding carboxylic acids is 1. The molecule has 6 nitrogen and oxygen atoms in total. The number of aromatic nitrogens is 3. The van der Waals surface area contributed by atoms with Gasteiger partial charge >= 0.3 is 0 Å². The molecular weight excluding hydrogens is 323 g/mol. The second-order valence-corrected chi connectivity index (χ2v) is 5.59. The predicted octanol–water partition coefficient (Wildman–Crippen LogP) is 1.63. The molecule has 0 aliphatic rings. The summed E-state index contributed by atoms with van der Waals surface area (Å²) in [5.74, 6) is -0.351. The molecule has 1 atom stereocenters. The first-order valence-corrected chi connectivity index (χ1v) is 7.73. The van der Waals surface area contributed by atoms with Crippen molar-refractivity contribution in [3.8, 4) is 0 Å². The zero-order valence-electron chi connectivity index (χ0n) is 13.6. The van der Waals surface area contributed by atoms with Gasteiger partial charge in [-0.05, 0) is 12.1 Å². The van der Waals surface area contributed by atoms with E-state index >= 15 is 0 Å². The van der Waals surface area contributed by atoms with Crippen LogP contribution in [0.3, 0.4) is 0 Å². The number of amides is 1. The molecule has 1 amide bonds. The lowest BCUT2D eigenvalue weighted by molar-refractivity contribution is -0.122. The SMILES string of the molecule is Cn1ccnc1C(NC(=O)Cn1ccccc1=O)c1ccccc1F. The summed E-state index contributed by atoms with van der Waals surface area (Å²) in [5.41, 5.74) is 0.0302. The van der Waals surface area contributed by atoms with E-state index in [1.54, 1.807) is 54.3 Å². The van der Waals surface area contributed by atoms with Gasteiger partial charge in [-0.25, -0.2) is 9.37 Å². The molecule has 0 saturated heterocycles. The van der Waals surface area contributed by atoms with Gasteiger partial charge in [0.05, 0.1) is 0 Å². The monoisotopic (exact) mass is 340 g/mol. The van der Waals surface area contributed by atoms with Gasteiger partial charge in [0.25, 0.3) is 5.56 Å². The minimum absolute atomic E-state index is 0.158. The van der Waals surface area contributed by atoms with Crippen LogP contribution in [0.1, 0.15) is 17.4 Å². The van der Waals surface area contributed by atoms with E-state index in [-0.39, 0.29) is 12.1 Å². The Balaban J connectivity index is 1.90. The third kappa shape index (κ3) is 3.65. The molecule has 0 saturated carbocycles. The number of benzene rings is 1. The molecule has 3 aromatic rings. The highest BCUT2D eigenvalue weighted by atomic mass is 19.1. The molecule has 0 aliphatic carbocycles. The second kappa shape index (κ2) is 7.12. The smallest absolute Gasteiger partial charge is 0.250 e. The number of pyridine rings is 1. The van der Waals surface area contributed by atoms with Gasteiger partial charge in [-0.15, -0.1) is 0 Å². The lowest BCUT2D eigenvalue weighted by Crippen LogP contribution is -2.36. The first kappa shape index (κ1) is 16.6. The molecule has 0 bridgehead atoms. The van der Waals surface area contributed by atoms with E-state index in [2.05, 4.69) is 10.3 Å². The Hall–Kier alpha value is -3.22. The molecule has 2 aromatic heterocycles. The zero-order valence-corrected chi connectivity index (χ0v) is 13.6. The molecule has 2 heterocycles. The molecule has 0 spiro atoms. The fourth-order valence-corrected chi connectivity index (χ4v) is 2.60. The molecule has 128 valence electrons. The van der Waals surface area contributed by atoms with Crippen LogP contribution >= 0.6 is 0 Å². The molecule has 0 aliphatic heterocycles. The number of halogens is 1. The Bertz CT molecular complexity index is 948. The molecule has 1 unspecified atom stereocenters. The van der Waals surface area contributed by atoms with E-state index in [4.69, 9.17) is 0 Å². The minimum Gasteiger partial charge on any atom is -0.340 e. The normalized spacial score (nSPS) is 11.9. The van der Waals surface area contributed by atoms with Gasteiger partial charge < -0.3 is 14.5 Å². The van der Waals surface area contributed by atoms with E-state index in [1.807, 2.05) is 0 Å². The van der Waals surface area contributed by atoms with Crippen LogP contribution < -0.4 is 10.9 Å². The zero-order chi connectivity index (χ0) is 17.8. The fourth-order valence-electron chi connectivity index (χ4n) is 2.60. The van der Waals surface area contributed by atoms with Crippen LogP contribution in [0.4, 0.5) is 4.39 Å². The van der Waals surface area contributed by atoms with E-state index in [9.17, 15) is 14.0 Å². The van der Waals surface area contributed by atoms with Crippen LogP contribution in [0.2, 0.25) is 0 Å². The number of nitrogens with zero attached hydrogens (tertiary/aromatic N) is 3. The van der Waals surface area contributed by atoms with E-state index in [0.29, 0.717) is 11.4 Å². The van der Waals surface area contributed by atoms with Gasteiger partial charge in [-0.1, -0.05) is 24.3 Å². The largest absolute Gasteiger partial charge is 0.340 e. The van der Waals surface area contributed by atoms with Crippen molar-refractivity contribution in [1.82, 2.24) is 19.4 Å². The number of rotatable bonds is 5. The van der Waals surface area contributed by atoms with Crippen molar-refractivity contribution in [3.63, 3.8) is 0 Å². The third-order valence-electron chi connectivity index (χ3n) is 3.85. The number of hydrogen-bond acceptors (Lipinski definition) is 3. The van der Waals surface area contributed by atoms with Crippen molar-refractivity contribution in [3.05, 3.63) is 88.6 Å². The standard InChI is InChI=1S/C18H17FN4O2/c1-22-11-9-20-18(22)17(13-6-2-3-7-14(13)19)21-15(24)12-23-10-5-4-8-16(23)25/h2-11,17H,12H2,1H3,(H,21,24). The number of carbonyl (C=O) groups is 1. The fraction of sp³-hybridized carbons (Fsp3) is 0.167. The predicted molar refractivity (Wildman–Crippen MR) is 90.3 cm³/mol. The molecule has 3 rings (SSSR count). The van der Waals surface area contributed by atoms with E-state index < -0.39 is 17.8 Å². The highest BCUT2D eigenvalue weighted by Gasteiger charge is 2.23. The first-order valence-electron chi connectivity index (χ1n) is 7.73. The number of nitrogens with one attached hydrogen (secondary N) is 1. The van der Waals surface area contributed by atoms with Crippen molar-refractivity contribution in [1.29, 1.82) is 0 Å². The topological polar surface area (TPSA) is 68.9 Å². The molecular formula is C18H17FN4O2. The quantitative estimate of drug-likeness (QED) is 0.767. The summed E-state index contributed by atoms with van der Waals surface area (Å²) < 4.78 is 17.3. The summed E-state index contributed by atoms with van der Waals surface area (Å²) >= 11 is 0. The van der Waals surface area contributed by atoms with Crippen LogP contribution in [0.25, 0.3) is 0 Å².